The molecule has 3 N–H and O–H groups in total. The summed E-state index contributed by atoms with van der Waals surface area (Å²) in [5.74, 6) is 1.61. The van der Waals surface area contributed by atoms with Gasteiger partial charge >= 0.3 is 0 Å². The minimum Gasteiger partial charge on any atom is -0.368 e. The van der Waals surface area contributed by atoms with Crippen LogP contribution in [0.1, 0.15) is 44.5 Å². The number of nitrogens with zero attached hydrogens (tertiary/aromatic N) is 6. The minimum atomic E-state index is -0.241. The molecule has 31 heavy (non-hydrogen) atoms. The van der Waals surface area contributed by atoms with Crippen molar-refractivity contribution in [3.8, 4) is 0 Å². The number of benzene rings is 1. The predicted molar refractivity (Wildman–Crippen MR) is 119 cm³/mol. The molecular weight excluding hydrogens is 416 g/mol. The molecule has 1 aromatic carbocycles. The van der Waals surface area contributed by atoms with Crippen LogP contribution in [0.2, 0.25) is 5.02 Å². The Morgan fingerprint density at radius 2 is 2.10 bits per heavy atom. The number of nitrogens with one attached hydrogen (secondary N) is 1. The van der Waals surface area contributed by atoms with Crippen molar-refractivity contribution >= 4 is 45.4 Å². The van der Waals surface area contributed by atoms with E-state index in [0.29, 0.717) is 27.4 Å². The molecule has 0 radical (unpaired) electrons. The van der Waals surface area contributed by atoms with Crippen LogP contribution in [0.3, 0.4) is 0 Å². The van der Waals surface area contributed by atoms with Gasteiger partial charge in [-0.15, -0.1) is 0 Å². The highest BCUT2D eigenvalue weighted by Crippen LogP contribution is 2.46. The number of anilines is 2. The van der Waals surface area contributed by atoms with E-state index < -0.39 is 0 Å². The molecule has 2 aliphatic rings. The highest BCUT2D eigenvalue weighted by Gasteiger charge is 2.45. The molecule has 0 amide bonds. The maximum atomic E-state index is 13.6. The Morgan fingerprint density at radius 1 is 1.26 bits per heavy atom. The van der Waals surface area contributed by atoms with E-state index in [1.165, 1.54) is 0 Å². The minimum absolute atomic E-state index is 0.0775. The fourth-order valence-corrected chi connectivity index (χ4v) is 4.94. The second-order valence-electron chi connectivity index (χ2n) is 8.60. The molecule has 4 heterocycles. The molecule has 1 saturated heterocycles. The Balaban J connectivity index is 1.59. The van der Waals surface area contributed by atoms with Crippen molar-refractivity contribution in [3.05, 3.63) is 45.7 Å². The van der Waals surface area contributed by atoms with Gasteiger partial charge < -0.3 is 15.6 Å². The van der Waals surface area contributed by atoms with Crippen LogP contribution in [-0.2, 0) is 5.54 Å². The fraction of sp³-hybridized carbons (Fsp3) is 0.381. The number of nitrogen functional groups attached to an aromatic ring is 1. The van der Waals surface area contributed by atoms with E-state index in [-0.39, 0.29) is 23.1 Å². The van der Waals surface area contributed by atoms with Gasteiger partial charge in [0.05, 0.1) is 28.3 Å². The van der Waals surface area contributed by atoms with E-state index in [1.54, 1.807) is 12.4 Å². The Morgan fingerprint density at radius 3 is 2.90 bits per heavy atom. The number of halogens is 1. The van der Waals surface area contributed by atoms with E-state index in [2.05, 4.69) is 31.8 Å². The number of hydrogen-bond acceptors (Lipinski definition) is 7. The van der Waals surface area contributed by atoms with Gasteiger partial charge in [0.25, 0.3) is 5.56 Å². The van der Waals surface area contributed by atoms with E-state index in [0.717, 1.165) is 43.6 Å². The van der Waals surface area contributed by atoms with Crippen molar-refractivity contribution in [1.29, 1.82) is 0 Å². The summed E-state index contributed by atoms with van der Waals surface area (Å²) in [6, 6.07) is 5.30. The molecule has 10 heteroatoms. The molecule has 4 aromatic rings. The molecule has 158 valence electrons. The van der Waals surface area contributed by atoms with Crippen molar-refractivity contribution in [2.75, 3.05) is 17.2 Å². The summed E-state index contributed by atoms with van der Waals surface area (Å²) in [5, 5.41) is 0.915. The Hall–Kier alpha value is -3.20. The van der Waals surface area contributed by atoms with Gasteiger partial charge in [0.2, 0.25) is 5.95 Å². The molecule has 2 fully saturated rings. The van der Waals surface area contributed by atoms with Crippen molar-refractivity contribution in [2.24, 2.45) is 0 Å². The molecule has 1 aliphatic carbocycles. The normalized spacial score (nSPS) is 20.1. The third kappa shape index (κ3) is 2.72. The highest BCUT2D eigenvalue weighted by atomic mass is 35.5. The number of nitrogens with two attached hydrogens (primary N) is 1. The van der Waals surface area contributed by atoms with Crippen molar-refractivity contribution < 1.29 is 0 Å². The lowest BCUT2D eigenvalue weighted by atomic mass is 10.1. The molecule has 0 spiro atoms. The summed E-state index contributed by atoms with van der Waals surface area (Å²) in [4.78, 5) is 36.9. The zero-order valence-electron chi connectivity index (χ0n) is 17.0. The highest BCUT2D eigenvalue weighted by molar-refractivity contribution is 6.35. The third-order valence-electron chi connectivity index (χ3n) is 6.49. The Bertz CT molecular complexity index is 1410. The van der Waals surface area contributed by atoms with Crippen LogP contribution in [-0.4, -0.2) is 36.0 Å². The number of imidazole rings is 1. The van der Waals surface area contributed by atoms with Gasteiger partial charge in [-0.2, -0.15) is 9.97 Å². The molecule has 3 aromatic heterocycles. The van der Waals surface area contributed by atoms with Crippen LogP contribution in [0.5, 0.6) is 0 Å². The van der Waals surface area contributed by atoms with Gasteiger partial charge in [0.15, 0.2) is 11.5 Å². The molecule has 0 bridgehead atoms. The first kappa shape index (κ1) is 18.6. The smallest absolute Gasteiger partial charge is 0.263 e. The number of aromatic nitrogens is 6. The number of H-pyrrole nitrogens is 1. The standard InChI is InChI=1S/C21H21ClN8O/c1-21(7-8-21)30-17(26-12-5-2-4-11(22)14(12)19(30)31)13-6-3-9-29(13)18-15-16(25-10-24-15)27-20(23)28-18/h2,4-5,10,13H,3,6-9H2,1H3,(H3,23,24,25,27,28). The average molecular weight is 437 g/mol. The van der Waals surface area contributed by atoms with E-state index in [1.807, 2.05) is 16.7 Å². The second kappa shape index (κ2) is 6.40. The van der Waals surface area contributed by atoms with Crippen LogP contribution in [0.4, 0.5) is 11.8 Å². The second-order valence-corrected chi connectivity index (χ2v) is 9.01. The molecule has 1 saturated carbocycles. The molecule has 1 unspecified atom stereocenters. The molecule has 9 nitrogen and oxygen atoms in total. The van der Waals surface area contributed by atoms with Crippen molar-refractivity contribution in [1.82, 2.24) is 29.5 Å². The van der Waals surface area contributed by atoms with Gasteiger partial charge in [-0.05, 0) is 44.7 Å². The lowest BCUT2D eigenvalue weighted by Gasteiger charge is -2.29. The van der Waals surface area contributed by atoms with Gasteiger partial charge in [-0.25, -0.2) is 9.97 Å². The van der Waals surface area contributed by atoms with E-state index in [9.17, 15) is 4.79 Å². The summed E-state index contributed by atoms with van der Waals surface area (Å²) >= 11 is 6.41. The van der Waals surface area contributed by atoms with Gasteiger partial charge in [0, 0.05) is 12.1 Å². The molecular formula is C21H21ClN8O. The van der Waals surface area contributed by atoms with Crippen LogP contribution < -0.4 is 16.2 Å². The number of fused-ring (bicyclic) bond motifs is 2. The third-order valence-corrected chi connectivity index (χ3v) is 6.81. The SMILES string of the molecule is CC1(n2c(C3CCCN3c3nc(N)nc4nc[nH]c34)nc3cccc(Cl)c3c2=O)CC1. The first-order valence-electron chi connectivity index (χ1n) is 10.4. The summed E-state index contributed by atoms with van der Waals surface area (Å²) in [6.45, 7) is 2.88. The van der Waals surface area contributed by atoms with Gasteiger partial charge in [-0.1, -0.05) is 17.7 Å². The Labute approximate surface area is 182 Å². The molecule has 1 aliphatic heterocycles. The van der Waals surface area contributed by atoms with Crippen molar-refractivity contribution in [3.63, 3.8) is 0 Å². The lowest BCUT2D eigenvalue weighted by Crippen LogP contribution is -2.37. The van der Waals surface area contributed by atoms with Crippen molar-refractivity contribution in [2.45, 2.75) is 44.2 Å². The van der Waals surface area contributed by atoms with E-state index in [4.69, 9.17) is 22.3 Å². The van der Waals surface area contributed by atoms with Crippen LogP contribution in [0, 0.1) is 0 Å². The van der Waals surface area contributed by atoms with Gasteiger partial charge in [0.1, 0.15) is 11.3 Å². The number of aromatic amines is 1. The zero-order chi connectivity index (χ0) is 21.3. The van der Waals surface area contributed by atoms with Crippen LogP contribution >= 0.6 is 11.6 Å². The first-order valence-corrected chi connectivity index (χ1v) is 10.8. The van der Waals surface area contributed by atoms with E-state index >= 15 is 0 Å². The number of hydrogen-bond donors (Lipinski definition) is 2. The van der Waals surface area contributed by atoms with Crippen LogP contribution in [0.15, 0.2) is 29.3 Å². The Kier molecular flexibility index (Phi) is 3.83. The predicted octanol–water partition coefficient (Wildman–Crippen LogP) is 3.15. The summed E-state index contributed by atoms with van der Waals surface area (Å²) in [6.07, 6.45) is 5.27. The number of rotatable bonds is 3. The molecule has 1 atom stereocenters. The molecule has 6 rings (SSSR count). The fourth-order valence-electron chi connectivity index (χ4n) is 4.69. The zero-order valence-corrected chi connectivity index (χ0v) is 17.7. The lowest BCUT2D eigenvalue weighted by molar-refractivity contribution is 0.458. The maximum Gasteiger partial charge on any atom is 0.263 e. The summed E-state index contributed by atoms with van der Waals surface area (Å²) in [5.41, 5.74) is 7.53. The van der Waals surface area contributed by atoms with Crippen LogP contribution in [0.25, 0.3) is 22.1 Å². The summed E-state index contributed by atoms with van der Waals surface area (Å²) < 4.78 is 1.87. The average Bonchev–Trinajstić information content (AvgIpc) is 3.14. The largest absolute Gasteiger partial charge is 0.368 e. The van der Waals surface area contributed by atoms with Gasteiger partial charge in [-0.3, -0.25) is 9.36 Å². The topological polar surface area (TPSA) is 119 Å². The first-order chi connectivity index (χ1) is 15.0. The summed E-state index contributed by atoms with van der Waals surface area (Å²) in [7, 11) is 0. The monoisotopic (exact) mass is 436 g/mol. The maximum absolute atomic E-state index is 13.6. The quantitative estimate of drug-likeness (QED) is 0.506.